The number of carboxylic acid groups (broad SMARTS) is 1. The zero-order chi connectivity index (χ0) is 19.4. The van der Waals surface area contributed by atoms with Gasteiger partial charge in [0.2, 0.25) is 5.91 Å². The number of amides is 1. The number of ether oxygens (including phenoxy) is 1. The monoisotopic (exact) mass is 374 g/mol. The van der Waals surface area contributed by atoms with E-state index in [0.717, 1.165) is 43.5 Å². The van der Waals surface area contributed by atoms with Gasteiger partial charge in [-0.25, -0.2) is 4.79 Å². The lowest BCUT2D eigenvalue weighted by Gasteiger charge is -2.38. The number of aliphatic carboxylic acids is 1. The van der Waals surface area contributed by atoms with Crippen molar-refractivity contribution in [3.63, 3.8) is 0 Å². The van der Waals surface area contributed by atoms with E-state index in [1.807, 2.05) is 24.3 Å². The standard InChI is InChI=1S/C21H30N2O4/c1-21(20(25)26)13-6-14-23(21)19(24)18(15-7-4-3-5-8-15)22-16-9-11-17(27-2)12-10-16/h9-12,15,18,22H,3-8,13-14H2,1-2H3,(H,25,26)/t18?,21-/m0/s1. The van der Waals surface area contributed by atoms with E-state index in [-0.39, 0.29) is 11.8 Å². The number of nitrogens with zero attached hydrogens (tertiary/aromatic N) is 1. The van der Waals surface area contributed by atoms with Crippen LogP contribution < -0.4 is 10.1 Å². The molecule has 6 heteroatoms. The van der Waals surface area contributed by atoms with Gasteiger partial charge in [-0.05, 0) is 62.8 Å². The van der Waals surface area contributed by atoms with Crippen molar-refractivity contribution in [1.82, 2.24) is 4.90 Å². The molecule has 1 aromatic carbocycles. The molecule has 1 aliphatic carbocycles. The first kappa shape index (κ1) is 19.5. The van der Waals surface area contributed by atoms with Crippen LogP contribution in [0.5, 0.6) is 5.75 Å². The lowest BCUT2D eigenvalue weighted by atomic mass is 9.82. The van der Waals surface area contributed by atoms with Crippen LogP contribution in [-0.2, 0) is 9.59 Å². The van der Waals surface area contributed by atoms with Crippen LogP contribution >= 0.6 is 0 Å². The molecule has 0 bridgehead atoms. The number of carbonyl (C=O) groups is 2. The molecule has 3 rings (SSSR count). The third kappa shape index (κ3) is 4.04. The van der Waals surface area contributed by atoms with Crippen molar-refractivity contribution in [3.8, 4) is 5.75 Å². The third-order valence-electron chi connectivity index (χ3n) is 6.17. The maximum absolute atomic E-state index is 13.5. The van der Waals surface area contributed by atoms with Gasteiger partial charge in [0, 0.05) is 12.2 Å². The first-order chi connectivity index (χ1) is 13.0. The van der Waals surface area contributed by atoms with Crippen molar-refractivity contribution < 1.29 is 19.4 Å². The Morgan fingerprint density at radius 1 is 1.19 bits per heavy atom. The summed E-state index contributed by atoms with van der Waals surface area (Å²) in [5, 5.41) is 13.1. The van der Waals surface area contributed by atoms with Crippen molar-refractivity contribution in [2.75, 3.05) is 19.0 Å². The molecule has 27 heavy (non-hydrogen) atoms. The molecule has 0 aromatic heterocycles. The minimum absolute atomic E-state index is 0.0832. The molecule has 1 heterocycles. The lowest BCUT2D eigenvalue weighted by Crippen LogP contribution is -2.56. The Balaban J connectivity index is 1.84. The molecule has 2 atom stereocenters. The van der Waals surface area contributed by atoms with Gasteiger partial charge in [0.05, 0.1) is 7.11 Å². The van der Waals surface area contributed by atoms with E-state index in [1.165, 1.54) is 6.42 Å². The second kappa shape index (κ2) is 8.19. The fraction of sp³-hybridized carbons (Fsp3) is 0.619. The summed E-state index contributed by atoms with van der Waals surface area (Å²) < 4.78 is 5.20. The fourth-order valence-electron chi connectivity index (χ4n) is 4.42. The van der Waals surface area contributed by atoms with Crippen molar-refractivity contribution in [1.29, 1.82) is 0 Å². The highest BCUT2D eigenvalue weighted by molar-refractivity contribution is 5.91. The van der Waals surface area contributed by atoms with E-state index >= 15 is 0 Å². The van der Waals surface area contributed by atoms with E-state index in [4.69, 9.17) is 4.74 Å². The van der Waals surface area contributed by atoms with Gasteiger partial charge in [-0.15, -0.1) is 0 Å². The molecular weight excluding hydrogens is 344 g/mol. The average molecular weight is 374 g/mol. The van der Waals surface area contributed by atoms with Gasteiger partial charge in [0.25, 0.3) is 0 Å². The number of hydrogen-bond acceptors (Lipinski definition) is 4. The summed E-state index contributed by atoms with van der Waals surface area (Å²) in [5.41, 5.74) is -0.248. The molecular formula is C21H30N2O4. The fourth-order valence-corrected chi connectivity index (χ4v) is 4.42. The summed E-state index contributed by atoms with van der Waals surface area (Å²) in [5.74, 6) is -0.00797. The molecule has 0 radical (unpaired) electrons. The summed E-state index contributed by atoms with van der Waals surface area (Å²) in [6.07, 6.45) is 6.68. The van der Waals surface area contributed by atoms with E-state index in [0.29, 0.717) is 13.0 Å². The third-order valence-corrected chi connectivity index (χ3v) is 6.17. The summed E-state index contributed by atoms with van der Waals surface area (Å²) in [6.45, 7) is 2.18. The van der Waals surface area contributed by atoms with Gasteiger partial charge >= 0.3 is 5.97 Å². The zero-order valence-corrected chi connectivity index (χ0v) is 16.2. The molecule has 2 fully saturated rings. The Morgan fingerprint density at radius 3 is 2.44 bits per heavy atom. The first-order valence-electron chi connectivity index (χ1n) is 9.91. The number of likely N-dealkylation sites (tertiary alicyclic amines) is 1. The minimum Gasteiger partial charge on any atom is -0.497 e. The number of carboxylic acids is 1. The van der Waals surface area contributed by atoms with Gasteiger partial charge < -0.3 is 20.1 Å². The Labute approximate surface area is 160 Å². The zero-order valence-electron chi connectivity index (χ0n) is 16.2. The number of carbonyl (C=O) groups excluding carboxylic acids is 1. The van der Waals surface area contributed by atoms with Gasteiger partial charge in [-0.3, -0.25) is 4.79 Å². The SMILES string of the molecule is COc1ccc(NC(C(=O)N2CCC[C@@]2(C)C(=O)O)C2CCCCC2)cc1. The van der Waals surface area contributed by atoms with Crippen LogP contribution in [0, 0.1) is 5.92 Å². The Hall–Kier alpha value is -2.24. The van der Waals surface area contributed by atoms with E-state index in [9.17, 15) is 14.7 Å². The van der Waals surface area contributed by atoms with Crippen LogP contribution in [0.4, 0.5) is 5.69 Å². The average Bonchev–Trinajstić information content (AvgIpc) is 3.10. The number of rotatable bonds is 6. The molecule has 1 saturated carbocycles. The van der Waals surface area contributed by atoms with Crippen LogP contribution in [0.2, 0.25) is 0 Å². The van der Waals surface area contributed by atoms with E-state index in [1.54, 1.807) is 18.9 Å². The van der Waals surface area contributed by atoms with Crippen LogP contribution in [0.15, 0.2) is 24.3 Å². The van der Waals surface area contributed by atoms with Crippen LogP contribution in [0.1, 0.15) is 51.9 Å². The van der Waals surface area contributed by atoms with Gasteiger partial charge in [-0.2, -0.15) is 0 Å². The second-order valence-electron chi connectivity index (χ2n) is 7.92. The number of anilines is 1. The molecule has 1 saturated heterocycles. The number of nitrogens with one attached hydrogen (secondary N) is 1. The topological polar surface area (TPSA) is 78.9 Å². The minimum atomic E-state index is -1.11. The molecule has 1 amide bonds. The van der Waals surface area contributed by atoms with Gasteiger partial charge in [-0.1, -0.05) is 19.3 Å². The molecule has 1 unspecified atom stereocenters. The molecule has 2 N–H and O–H groups in total. The largest absolute Gasteiger partial charge is 0.497 e. The van der Waals surface area contributed by atoms with Gasteiger partial charge in [0.15, 0.2) is 0 Å². The first-order valence-corrected chi connectivity index (χ1v) is 9.91. The summed E-state index contributed by atoms with van der Waals surface area (Å²) in [4.78, 5) is 26.9. The molecule has 6 nitrogen and oxygen atoms in total. The van der Waals surface area contributed by atoms with Crippen molar-refractivity contribution >= 4 is 17.6 Å². The maximum Gasteiger partial charge on any atom is 0.329 e. The van der Waals surface area contributed by atoms with Crippen LogP contribution in [-0.4, -0.2) is 47.1 Å². The number of methoxy groups -OCH3 is 1. The predicted octanol–water partition coefficient (Wildman–Crippen LogP) is 3.52. The van der Waals surface area contributed by atoms with Crippen molar-refractivity contribution in [2.45, 2.75) is 63.5 Å². The van der Waals surface area contributed by atoms with Crippen LogP contribution in [0.25, 0.3) is 0 Å². The highest BCUT2D eigenvalue weighted by Gasteiger charge is 2.48. The van der Waals surface area contributed by atoms with E-state index in [2.05, 4.69) is 5.32 Å². The van der Waals surface area contributed by atoms with Crippen molar-refractivity contribution in [3.05, 3.63) is 24.3 Å². The summed E-state index contributed by atoms with van der Waals surface area (Å²) in [6, 6.07) is 7.14. The predicted molar refractivity (Wildman–Crippen MR) is 104 cm³/mol. The van der Waals surface area contributed by atoms with Gasteiger partial charge in [0.1, 0.15) is 17.3 Å². The Morgan fingerprint density at radius 2 is 1.85 bits per heavy atom. The smallest absolute Gasteiger partial charge is 0.329 e. The van der Waals surface area contributed by atoms with Crippen molar-refractivity contribution in [2.24, 2.45) is 5.92 Å². The quantitative estimate of drug-likeness (QED) is 0.796. The molecule has 0 spiro atoms. The van der Waals surface area contributed by atoms with Crippen LogP contribution in [0.3, 0.4) is 0 Å². The normalized spacial score (nSPS) is 24.4. The lowest BCUT2D eigenvalue weighted by molar-refractivity contribution is -0.156. The Kier molecular flexibility index (Phi) is 5.92. The molecule has 148 valence electrons. The van der Waals surface area contributed by atoms with E-state index < -0.39 is 17.6 Å². The Bertz CT molecular complexity index is 669. The number of hydrogen-bond donors (Lipinski definition) is 2. The molecule has 2 aliphatic rings. The number of benzene rings is 1. The highest BCUT2D eigenvalue weighted by Crippen LogP contribution is 2.34. The second-order valence-corrected chi connectivity index (χ2v) is 7.92. The summed E-state index contributed by atoms with van der Waals surface area (Å²) in [7, 11) is 1.62. The molecule has 1 aliphatic heterocycles. The summed E-state index contributed by atoms with van der Waals surface area (Å²) >= 11 is 0. The molecule has 1 aromatic rings. The highest BCUT2D eigenvalue weighted by atomic mass is 16.5. The maximum atomic E-state index is 13.5.